The SMILES string of the molecule is CC(=O)SCC(=O)c1ccc(NC(=O)N(C)c2ccc(OC(F)(F)F)cc2)cc1. The minimum absolute atomic E-state index is 0.0395. The number of hydrogen-bond acceptors (Lipinski definition) is 5. The molecule has 0 aliphatic rings. The van der Waals surface area contributed by atoms with Crippen molar-refractivity contribution in [2.75, 3.05) is 23.0 Å². The van der Waals surface area contributed by atoms with Gasteiger partial charge in [-0.05, 0) is 48.5 Å². The first-order valence-electron chi connectivity index (χ1n) is 8.22. The first kappa shape index (κ1) is 22.3. The van der Waals surface area contributed by atoms with Crippen molar-refractivity contribution in [1.29, 1.82) is 0 Å². The van der Waals surface area contributed by atoms with Crippen molar-refractivity contribution in [3.8, 4) is 5.75 Å². The van der Waals surface area contributed by atoms with Crippen molar-refractivity contribution in [3.05, 3.63) is 54.1 Å². The van der Waals surface area contributed by atoms with Crippen molar-refractivity contribution in [1.82, 2.24) is 0 Å². The number of nitrogens with zero attached hydrogens (tertiary/aromatic N) is 1. The fourth-order valence-corrected chi connectivity index (χ4v) is 2.69. The number of hydrogen-bond donors (Lipinski definition) is 1. The Balaban J connectivity index is 1.97. The van der Waals surface area contributed by atoms with Crippen LogP contribution in [0.2, 0.25) is 0 Å². The maximum atomic E-state index is 12.3. The van der Waals surface area contributed by atoms with E-state index in [0.717, 1.165) is 23.9 Å². The normalized spacial score (nSPS) is 10.9. The van der Waals surface area contributed by atoms with Gasteiger partial charge in [-0.25, -0.2) is 4.79 Å². The molecule has 6 nitrogen and oxygen atoms in total. The third-order valence-electron chi connectivity index (χ3n) is 3.63. The second kappa shape index (κ2) is 9.46. The molecule has 0 heterocycles. The number of anilines is 2. The van der Waals surface area contributed by atoms with Crippen molar-refractivity contribution < 1.29 is 32.3 Å². The lowest BCUT2D eigenvalue weighted by Gasteiger charge is -2.19. The Labute approximate surface area is 169 Å². The summed E-state index contributed by atoms with van der Waals surface area (Å²) in [6.07, 6.45) is -4.79. The smallest absolute Gasteiger partial charge is 0.406 e. The molecule has 0 aliphatic carbocycles. The number of ether oxygens (including phenoxy) is 1. The maximum absolute atomic E-state index is 12.3. The highest BCUT2D eigenvalue weighted by molar-refractivity contribution is 8.14. The van der Waals surface area contributed by atoms with Crippen molar-refractivity contribution >= 4 is 40.1 Å². The number of halogens is 3. The van der Waals surface area contributed by atoms with Gasteiger partial charge in [0.15, 0.2) is 10.9 Å². The van der Waals surface area contributed by atoms with E-state index in [4.69, 9.17) is 0 Å². The highest BCUT2D eigenvalue weighted by atomic mass is 32.2. The number of urea groups is 1. The van der Waals surface area contributed by atoms with Crippen LogP contribution >= 0.6 is 11.8 Å². The number of rotatable bonds is 6. The number of carbonyl (C=O) groups is 3. The summed E-state index contributed by atoms with van der Waals surface area (Å²) in [6.45, 7) is 1.38. The largest absolute Gasteiger partial charge is 0.573 e. The zero-order valence-electron chi connectivity index (χ0n) is 15.4. The molecule has 0 spiro atoms. The Bertz CT molecular complexity index is 884. The minimum Gasteiger partial charge on any atom is -0.406 e. The van der Waals surface area contributed by atoms with Gasteiger partial charge in [-0.15, -0.1) is 13.2 Å². The van der Waals surface area contributed by atoms with Crippen molar-refractivity contribution in [2.24, 2.45) is 0 Å². The molecule has 0 bridgehead atoms. The number of amides is 2. The van der Waals surface area contributed by atoms with Crippen molar-refractivity contribution in [2.45, 2.75) is 13.3 Å². The van der Waals surface area contributed by atoms with Gasteiger partial charge in [0.05, 0.1) is 5.75 Å². The lowest BCUT2D eigenvalue weighted by atomic mass is 10.1. The number of Topliss-reactive ketones (excluding diaryl/α,β-unsaturated/α-hetero) is 1. The summed E-state index contributed by atoms with van der Waals surface area (Å²) in [6, 6.07) is 10.4. The average Bonchev–Trinajstić information content (AvgIpc) is 2.65. The Morgan fingerprint density at radius 2 is 1.62 bits per heavy atom. The predicted octanol–water partition coefficient (Wildman–Crippen LogP) is 4.72. The van der Waals surface area contributed by atoms with E-state index in [1.165, 1.54) is 55.3 Å². The topological polar surface area (TPSA) is 75.7 Å². The molecule has 154 valence electrons. The molecule has 2 aromatic carbocycles. The van der Waals surface area contributed by atoms with Gasteiger partial charge in [0, 0.05) is 30.9 Å². The van der Waals surface area contributed by atoms with Crippen LogP contribution in [0.3, 0.4) is 0 Å². The molecule has 29 heavy (non-hydrogen) atoms. The number of nitrogens with one attached hydrogen (secondary N) is 1. The van der Waals surface area contributed by atoms with E-state index in [-0.39, 0.29) is 16.7 Å². The number of ketones is 1. The lowest BCUT2D eigenvalue weighted by Crippen LogP contribution is -2.31. The molecule has 2 amide bonds. The lowest BCUT2D eigenvalue weighted by molar-refractivity contribution is -0.274. The molecule has 0 aromatic heterocycles. The molecule has 2 rings (SSSR count). The standard InChI is InChI=1S/C19H17F3N2O4S/c1-12(25)29-11-17(26)13-3-5-14(6-4-13)23-18(27)24(2)15-7-9-16(10-8-15)28-19(20,21)22/h3-10H,11H2,1-2H3,(H,23,27). The molecule has 0 saturated carbocycles. The first-order valence-corrected chi connectivity index (χ1v) is 9.21. The molecule has 0 atom stereocenters. The fraction of sp³-hybridized carbons (Fsp3) is 0.211. The highest BCUT2D eigenvalue weighted by Crippen LogP contribution is 2.25. The quantitative estimate of drug-likeness (QED) is 0.677. The molecular formula is C19H17F3N2O4S. The highest BCUT2D eigenvalue weighted by Gasteiger charge is 2.31. The maximum Gasteiger partial charge on any atom is 0.573 e. The predicted molar refractivity (Wildman–Crippen MR) is 104 cm³/mol. The second-order valence-corrected chi connectivity index (χ2v) is 6.96. The molecule has 10 heteroatoms. The monoisotopic (exact) mass is 426 g/mol. The summed E-state index contributed by atoms with van der Waals surface area (Å²) in [5, 5.41) is 2.46. The van der Waals surface area contributed by atoms with Crippen LogP contribution in [0.4, 0.5) is 29.3 Å². The van der Waals surface area contributed by atoms with Crippen LogP contribution in [0.15, 0.2) is 48.5 Å². The summed E-state index contributed by atoms with van der Waals surface area (Å²) >= 11 is 0.918. The van der Waals surface area contributed by atoms with E-state index in [2.05, 4.69) is 10.1 Å². The molecular weight excluding hydrogens is 409 g/mol. The number of thioether (sulfide) groups is 1. The molecule has 0 saturated heterocycles. The van der Waals surface area contributed by atoms with Crippen LogP contribution in [0.5, 0.6) is 5.75 Å². The molecule has 0 radical (unpaired) electrons. The van der Waals surface area contributed by atoms with Gasteiger partial charge in [-0.3, -0.25) is 14.5 Å². The van der Waals surface area contributed by atoms with Gasteiger partial charge in [0.1, 0.15) is 5.75 Å². The van der Waals surface area contributed by atoms with Gasteiger partial charge >= 0.3 is 12.4 Å². The second-order valence-electron chi connectivity index (χ2n) is 5.81. The molecule has 1 N–H and O–H groups in total. The van der Waals surface area contributed by atoms with Gasteiger partial charge < -0.3 is 10.1 Å². The van der Waals surface area contributed by atoms with E-state index >= 15 is 0 Å². The van der Waals surface area contributed by atoms with E-state index in [1.54, 1.807) is 0 Å². The third kappa shape index (κ3) is 7.15. The zero-order chi connectivity index (χ0) is 21.6. The Morgan fingerprint density at radius 3 is 2.14 bits per heavy atom. The summed E-state index contributed by atoms with van der Waals surface area (Å²) in [4.78, 5) is 36.4. The third-order valence-corrected chi connectivity index (χ3v) is 4.44. The first-order chi connectivity index (χ1) is 13.5. The Kier molecular flexibility index (Phi) is 7.27. The van der Waals surface area contributed by atoms with Crippen LogP contribution in [-0.2, 0) is 4.79 Å². The van der Waals surface area contributed by atoms with E-state index in [1.807, 2.05) is 0 Å². The van der Waals surface area contributed by atoms with E-state index in [9.17, 15) is 27.6 Å². The van der Waals surface area contributed by atoms with Gasteiger partial charge in [0.25, 0.3) is 0 Å². The van der Waals surface area contributed by atoms with Crippen LogP contribution in [0, 0.1) is 0 Å². The van der Waals surface area contributed by atoms with Crippen LogP contribution in [0.1, 0.15) is 17.3 Å². The van der Waals surface area contributed by atoms with Crippen LogP contribution in [-0.4, -0.2) is 36.1 Å². The average molecular weight is 426 g/mol. The summed E-state index contributed by atoms with van der Waals surface area (Å²) in [5.74, 6) is -0.558. The summed E-state index contributed by atoms with van der Waals surface area (Å²) in [5.41, 5.74) is 1.19. The minimum atomic E-state index is -4.79. The summed E-state index contributed by atoms with van der Waals surface area (Å²) in [7, 11) is 1.45. The van der Waals surface area contributed by atoms with Gasteiger partial charge in [-0.1, -0.05) is 11.8 Å². The van der Waals surface area contributed by atoms with Crippen LogP contribution in [0.25, 0.3) is 0 Å². The van der Waals surface area contributed by atoms with Gasteiger partial charge in [0.2, 0.25) is 0 Å². The molecule has 0 fully saturated rings. The van der Waals surface area contributed by atoms with Crippen LogP contribution < -0.4 is 15.0 Å². The Hall–Kier alpha value is -3.01. The molecule has 0 unspecified atom stereocenters. The number of alkyl halides is 3. The zero-order valence-corrected chi connectivity index (χ0v) is 16.3. The van der Waals surface area contributed by atoms with Crippen molar-refractivity contribution in [3.63, 3.8) is 0 Å². The molecule has 2 aromatic rings. The number of benzene rings is 2. The van der Waals surface area contributed by atoms with E-state index in [0.29, 0.717) is 16.9 Å². The summed E-state index contributed by atoms with van der Waals surface area (Å²) < 4.78 is 40.4. The Morgan fingerprint density at radius 1 is 1.03 bits per heavy atom. The molecule has 0 aliphatic heterocycles. The van der Waals surface area contributed by atoms with Gasteiger partial charge in [-0.2, -0.15) is 0 Å². The fourth-order valence-electron chi connectivity index (χ4n) is 2.19. The van der Waals surface area contributed by atoms with E-state index < -0.39 is 18.1 Å². The number of carbonyl (C=O) groups excluding carboxylic acids is 3.